The quantitative estimate of drug-likeness (QED) is 0.603. The zero-order chi connectivity index (χ0) is 13.5. The molecule has 1 rings (SSSR count). The van der Waals surface area contributed by atoms with E-state index in [4.69, 9.17) is 10.00 Å². The lowest BCUT2D eigenvalue weighted by Crippen LogP contribution is -2.37. The highest BCUT2D eigenvalue weighted by Crippen LogP contribution is 2.26. The topological polar surface area (TPSA) is 65.4 Å². The fraction of sp³-hybridized carbons (Fsp3) is 0.500. The molecule has 1 aliphatic rings. The van der Waals surface area contributed by atoms with E-state index in [-0.39, 0.29) is 6.09 Å². The second-order valence-electron chi connectivity index (χ2n) is 3.75. The minimum Gasteiger partial charge on any atom is -0.450 e. The van der Waals surface area contributed by atoms with E-state index in [1.165, 1.54) is 0 Å². The molecule has 0 aromatic heterocycles. The Morgan fingerprint density at radius 2 is 2.44 bits per heavy atom. The van der Waals surface area contributed by atoms with Gasteiger partial charge in [-0.2, -0.15) is 5.26 Å². The van der Waals surface area contributed by atoms with Crippen molar-refractivity contribution in [3.8, 4) is 6.07 Å². The molecule has 0 saturated heterocycles. The van der Waals surface area contributed by atoms with Gasteiger partial charge in [0, 0.05) is 24.7 Å². The van der Waals surface area contributed by atoms with Crippen LogP contribution in [0.5, 0.6) is 0 Å². The minimum absolute atomic E-state index is 0.334. The summed E-state index contributed by atoms with van der Waals surface area (Å²) in [6.07, 6.45) is 1.92. The molecule has 0 radical (unpaired) electrons. The van der Waals surface area contributed by atoms with Crippen molar-refractivity contribution in [2.45, 2.75) is 13.3 Å². The van der Waals surface area contributed by atoms with E-state index in [2.05, 4.69) is 24.0 Å². The number of nitrogens with one attached hydrogen (secondary N) is 1. The summed E-state index contributed by atoms with van der Waals surface area (Å²) in [5.41, 5.74) is 1.45. The number of amides is 1. The summed E-state index contributed by atoms with van der Waals surface area (Å²) in [5.74, 6) is 0. The Morgan fingerprint density at radius 3 is 2.94 bits per heavy atom. The van der Waals surface area contributed by atoms with E-state index in [0.29, 0.717) is 31.7 Å². The Labute approximate surface area is 113 Å². The highest BCUT2D eigenvalue weighted by molar-refractivity contribution is 7.84. The van der Waals surface area contributed by atoms with E-state index >= 15 is 0 Å². The molecule has 0 aromatic rings. The van der Waals surface area contributed by atoms with Crippen LogP contribution in [0.25, 0.3) is 0 Å². The van der Waals surface area contributed by atoms with Crippen LogP contribution in [0.15, 0.2) is 22.3 Å². The van der Waals surface area contributed by atoms with Gasteiger partial charge in [0.15, 0.2) is 0 Å². The summed E-state index contributed by atoms with van der Waals surface area (Å²) in [4.78, 5) is 13.9. The molecule has 0 atom stereocenters. The van der Waals surface area contributed by atoms with Crippen LogP contribution in [-0.4, -0.2) is 37.7 Å². The van der Waals surface area contributed by atoms with E-state index in [9.17, 15) is 4.79 Å². The Hall–Kier alpha value is -1.61. The molecule has 0 aliphatic carbocycles. The van der Waals surface area contributed by atoms with Gasteiger partial charge in [0.1, 0.15) is 6.07 Å². The van der Waals surface area contributed by atoms with Crippen LogP contribution in [0.2, 0.25) is 0 Å². The number of carbonyl (C=O) groups excluding carboxylic acids is 1. The molecule has 98 valence electrons. The normalized spacial score (nSPS) is 16.3. The highest BCUT2D eigenvalue weighted by Gasteiger charge is 2.23. The van der Waals surface area contributed by atoms with Crippen molar-refractivity contribution in [1.82, 2.24) is 10.2 Å². The van der Waals surface area contributed by atoms with Gasteiger partial charge in [-0.05, 0) is 18.9 Å². The smallest absolute Gasteiger partial charge is 0.410 e. The third-order valence-corrected chi connectivity index (χ3v) is 2.99. The fourth-order valence-electron chi connectivity index (χ4n) is 1.74. The number of thiol groups is 1. The maximum absolute atomic E-state index is 11.6. The van der Waals surface area contributed by atoms with Gasteiger partial charge in [-0.3, -0.25) is 0 Å². The largest absolute Gasteiger partial charge is 0.450 e. The second-order valence-corrected chi connectivity index (χ2v) is 4.29. The number of hydrogen-bond donors (Lipinski definition) is 2. The predicted octanol–water partition coefficient (Wildman–Crippen LogP) is 1.66. The van der Waals surface area contributed by atoms with Crippen LogP contribution >= 0.6 is 12.6 Å². The SMILES string of the molecule is CCOC(=O)N1CCC(/C(C#N)=C/NC)=C(S)C1. The maximum Gasteiger partial charge on any atom is 0.410 e. The van der Waals surface area contributed by atoms with Crippen LogP contribution < -0.4 is 5.32 Å². The number of nitrogens with zero attached hydrogens (tertiary/aromatic N) is 2. The first-order valence-corrected chi connectivity index (χ1v) is 6.19. The van der Waals surface area contributed by atoms with Crippen LogP contribution in [0.3, 0.4) is 0 Å². The summed E-state index contributed by atoms with van der Waals surface area (Å²) in [5, 5.41) is 11.9. The fourth-order valence-corrected chi connectivity index (χ4v) is 2.14. The van der Waals surface area contributed by atoms with Crippen molar-refractivity contribution in [2.24, 2.45) is 0 Å². The van der Waals surface area contributed by atoms with Crippen LogP contribution in [0, 0.1) is 11.3 Å². The zero-order valence-corrected chi connectivity index (χ0v) is 11.5. The lowest BCUT2D eigenvalue weighted by Gasteiger charge is -2.28. The van der Waals surface area contributed by atoms with Gasteiger partial charge in [0.2, 0.25) is 0 Å². The molecular formula is C12H17N3O2S. The third kappa shape index (κ3) is 3.44. The lowest BCUT2D eigenvalue weighted by atomic mass is 10.0. The Bertz CT molecular complexity index is 424. The Kier molecular flexibility index (Phi) is 5.59. The van der Waals surface area contributed by atoms with Gasteiger partial charge in [-0.1, -0.05) is 0 Å². The Balaban J connectivity index is 2.82. The predicted molar refractivity (Wildman–Crippen MR) is 72.0 cm³/mol. The minimum atomic E-state index is -0.334. The summed E-state index contributed by atoms with van der Waals surface area (Å²) in [6, 6.07) is 2.13. The first-order valence-electron chi connectivity index (χ1n) is 5.74. The summed E-state index contributed by atoms with van der Waals surface area (Å²) >= 11 is 4.37. The molecule has 1 N–H and O–H groups in total. The van der Waals surface area contributed by atoms with Crippen molar-refractivity contribution >= 4 is 18.7 Å². The van der Waals surface area contributed by atoms with E-state index in [1.54, 1.807) is 25.1 Å². The number of nitriles is 1. The number of allylic oxidation sites excluding steroid dienone is 1. The Morgan fingerprint density at radius 1 is 1.72 bits per heavy atom. The van der Waals surface area contributed by atoms with Crippen LogP contribution in [0.1, 0.15) is 13.3 Å². The zero-order valence-electron chi connectivity index (χ0n) is 10.6. The second kappa shape index (κ2) is 6.97. The van der Waals surface area contributed by atoms with Crippen molar-refractivity contribution in [2.75, 3.05) is 26.7 Å². The standard InChI is InChI=1S/C12H17N3O2S/c1-3-17-12(16)15-5-4-10(11(18)8-15)9(6-13)7-14-2/h7,14,18H,3-5,8H2,1-2H3/b9-7+. The highest BCUT2D eigenvalue weighted by atomic mass is 32.1. The number of hydrogen-bond acceptors (Lipinski definition) is 5. The van der Waals surface area contributed by atoms with Gasteiger partial charge in [-0.25, -0.2) is 4.79 Å². The molecule has 18 heavy (non-hydrogen) atoms. The van der Waals surface area contributed by atoms with E-state index < -0.39 is 0 Å². The van der Waals surface area contributed by atoms with Crippen molar-refractivity contribution in [1.29, 1.82) is 5.26 Å². The van der Waals surface area contributed by atoms with Crippen molar-refractivity contribution in [3.63, 3.8) is 0 Å². The van der Waals surface area contributed by atoms with Gasteiger partial charge < -0.3 is 15.0 Å². The maximum atomic E-state index is 11.6. The number of carbonyl (C=O) groups is 1. The first-order chi connectivity index (χ1) is 8.63. The molecular weight excluding hydrogens is 250 g/mol. The monoisotopic (exact) mass is 267 g/mol. The molecule has 1 aliphatic heterocycles. The van der Waals surface area contributed by atoms with Gasteiger partial charge in [0.25, 0.3) is 0 Å². The van der Waals surface area contributed by atoms with E-state index in [0.717, 1.165) is 10.5 Å². The molecule has 0 spiro atoms. The van der Waals surface area contributed by atoms with Gasteiger partial charge >= 0.3 is 6.09 Å². The molecule has 5 nitrogen and oxygen atoms in total. The summed E-state index contributed by atoms with van der Waals surface area (Å²) in [7, 11) is 1.74. The first kappa shape index (κ1) is 14.5. The average molecular weight is 267 g/mol. The molecule has 0 unspecified atom stereocenters. The molecule has 0 bridgehead atoms. The molecule has 1 amide bonds. The van der Waals surface area contributed by atoms with Crippen LogP contribution in [0.4, 0.5) is 4.79 Å². The van der Waals surface area contributed by atoms with Crippen LogP contribution in [-0.2, 0) is 4.74 Å². The van der Waals surface area contributed by atoms with Gasteiger partial charge in [-0.15, -0.1) is 12.6 Å². The lowest BCUT2D eigenvalue weighted by molar-refractivity contribution is 0.110. The number of ether oxygens (including phenoxy) is 1. The molecule has 0 saturated carbocycles. The third-order valence-electron chi connectivity index (χ3n) is 2.58. The van der Waals surface area contributed by atoms with Crippen molar-refractivity contribution in [3.05, 3.63) is 22.3 Å². The molecule has 0 fully saturated rings. The molecule has 1 heterocycles. The number of rotatable bonds is 3. The summed E-state index contributed by atoms with van der Waals surface area (Å²) < 4.78 is 4.94. The average Bonchev–Trinajstić information content (AvgIpc) is 2.36. The van der Waals surface area contributed by atoms with Gasteiger partial charge in [0.05, 0.1) is 18.7 Å². The molecule has 0 aromatic carbocycles. The molecule has 6 heteroatoms. The van der Waals surface area contributed by atoms with E-state index in [1.807, 2.05) is 0 Å². The summed E-state index contributed by atoms with van der Waals surface area (Å²) in [6.45, 7) is 3.06. The van der Waals surface area contributed by atoms with Crippen molar-refractivity contribution < 1.29 is 9.53 Å².